The summed E-state index contributed by atoms with van der Waals surface area (Å²) in [7, 11) is 0. The van der Waals surface area contributed by atoms with Crippen LogP contribution in [0.3, 0.4) is 0 Å². The summed E-state index contributed by atoms with van der Waals surface area (Å²) in [5.41, 5.74) is 3.26. The second kappa shape index (κ2) is 6.06. The first-order valence-corrected chi connectivity index (χ1v) is 6.87. The number of carbonyl (C=O) groups excluding carboxylic acids is 1. The Balaban J connectivity index is 2.40. The first-order valence-electron chi connectivity index (χ1n) is 6.87. The molecule has 0 spiro atoms. The van der Waals surface area contributed by atoms with Gasteiger partial charge >= 0.3 is 6.09 Å². The first-order chi connectivity index (χ1) is 9.21. The van der Waals surface area contributed by atoms with Crippen LogP contribution in [0.1, 0.15) is 25.0 Å². The van der Waals surface area contributed by atoms with E-state index in [2.05, 4.69) is 13.8 Å². The maximum atomic E-state index is 12.0. The van der Waals surface area contributed by atoms with Crippen LogP contribution in [0.25, 0.3) is 0 Å². The fraction of sp³-hybridized carbons (Fsp3) is 0.533. The van der Waals surface area contributed by atoms with E-state index in [1.165, 1.54) is 0 Å². The summed E-state index contributed by atoms with van der Waals surface area (Å²) in [5.74, 6) is -0.00711. The van der Waals surface area contributed by atoms with Crippen LogP contribution in [0, 0.1) is 5.92 Å². The molecule has 104 valence electrons. The van der Waals surface area contributed by atoms with Crippen molar-refractivity contribution in [3.63, 3.8) is 0 Å². The summed E-state index contributed by atoms with van der Waals surface area (Å²) in [4.78, 5) is 13.7. The predicted octanol–water partition coefficient (Wildman–Crippen LogP) is 2.38. The molecule has 1 N–H and O–H groups in total. The van der Waals surface area contributed by atoms with E-state index in [1.807, 2.05) is 18.2 Å². The zero-order valence-corrected chi connectivity index (χ0v) is 11.6. The molecule has 1 fully saturated rings. The Hall–Kier alpha value is -1.55. The highest BCUT2D eigenvalue weighted by atomic mass is 16.6. The number of para-hydroxylation sites is 1. The summed E-state index contributed by atoms with van der Waals surface area (Å²) in [6.07, 6.45) is 1.44. The Morgan fingerprint density at radius 3 is 2.47 bits per heavy atom. The van der Waals surface area contributed by atoms with Gasteiger partial charge in [0.05, 0.1) is 18.9 Å². The number of hydrogen-bond donors (Lipinski definition) is 1. The van der Waals surface area contributed by atoms with Crippen LogP contribution in [-0.4, -0.2) is 31.0 Å². The summed E-state index contributed by atoms with van der Waals surface area (Å²) < 4.78 is 5.17. The standard InChI is InChI=1S/C15H21NO3/c1-3-12-6-5-7-13(4-2)14(12)16-8-11(9-17)10-19-15(16)18/h5-7,11,17H,3-4,8-10H2,1-2H3. The van der Waals surface area contributed by atoms with E-state index in [9.17, 15) is 9.90 Å². The summed E-state index contributed by atoms with van der Waals surface area (Å²) in [5, 5.41) is 9.28. The molecule has 1 aliphatic rings. The third-order valence-corrected chi connectivity index (χ3v) is 3.60. The number of aliphatic hydroxyl groups is 1. The number of hydrogen-bond acceptors (Lipinski definition) is 3. The quantitative estimate of drug-likeness (QED) is 0.907. The van der Waals surface area contributed by atoms with E-state index in [0.717, 1.165) is 29.7 Å². The molecule has 1 heterocycles. The van der Waals surface area contributed by atoms with Crippen molar-refractivity contribution in [2.75, 3.05) is 24.7 Å². The molecule has 1 aromatic carbocycles. The number of amides is 1. The van der Waals surface area contributed by atoms with Gasteiger partial charge in [0.25, 0.3) is 0 Å². The normalized spacial score (nSPS) is 19.4. The first kappa shape index (κ1) is 13.9. The van der Waals surface area contributed by atoms with Crippen LogP contribution < -0.4 is 4.90 Å². The van der Waals surface area contributed by atoms with Crippen molar-refractivity contribution in [3.05, 3.63) is 29.3 Å². The molecule has 0 aliphatic carbocycles. The van der Waals surface area contributed by atoms with Gasteiger partial charge in [-0.05, 0) is 24.0 Å². The number of rotatable bonds is 4. The Labute approximate surface area is 114 Å². The van der Waals surface area contributed by atoms with Crippen LogP contribution >= 0.6 is 0 Å². The highest BCUT2D eigenvalue weighted by Crippen LogP contribution is 2.30. The fourth-order valence-electron chi connectivity index (χ4n) is 2.51. The van der Waals surface area contributed by atoms with Gasteiger partial charge in [-0.25, -0.2) is 4.79 Å². The summed E-state index contributed by atoms with van der Waals surface area (Å²) in [6.45, 7) is 5.04. The van der Waals surface area contributed by atoms with Gasteiger partial charge in [0, 0.05) is 12.5 Å². The minimum atomic E-state index is -0.305. The van der Waals surface area contributed by atoms with Crippen molar-refractivity contribution in [1.82, 2.24) is 0 Å². The number of anilines is 1. The largest absolute Gasteiger partial charge is 0.449 e. The van der Waals surface area contributed by atoms with Crippen molar-refractivity contribution in [1.29, 1.82) is 0 Å². The van der Waals surface area contributed by atoms with Crippen LogP contribution in [0.15, 0.2) is 18.2 Å². The van der Waals surface area contributed by atoms with Gasteiger partial charge in [-0.3, -0.25) is 4.90 Å². The minimum absolute atomic E-state index is 0.00711. The topological polar surface area (TPSA) is 49.8 Å². The molecular formula is C15H21NO3. The van der Waals surface area contributed by atoms with Gasteiger partial charge in [-0.2, -0.15) is 0 Å². The molecule has 1 saturated heterocycles. The van der Waals surface area contributed by atoms with Crippen molar-refractivity contribution >= 4 is 11.8 Å². The monoisotopic (exact) mass is 263 g/mol. The fourth-order valence-corrected chi connectivity index (χ4v) is 2.51. The van der Waals surface area contributed by atoms with Gasteiger partial charge in [-0.15, -0.1) is 0 Å². The van der Waals surface area contributed by atoms with E-state index < -0.39 is 0 Å². The molecule has 1 aliphatic heterocycles. The smallest absolute Gasteiger partial charge is 0.414 e. The highest BCUT2D eigenvalue weighted by Gasteiger charge is 2.30. The maximum absolute atomic E-state index is 12.0. The lowest BCUT2D eigenvalue weighted by Crippen LogP contribution is -2.45. The zero-order valence-electron chi connectivity index (χ0n) is 11.6. The molecule has 1 amide bonds. The van der Waals surface area contributed by atoms with Crippen molar-refractivity contribution < 1.29 is 14.6 Å². The third kappa shape index (κ3) is 2.73. The lowest BCUT2D eigenvalue weighted by atomic mass is 10.0. The maximum Gasteiger partial charge on any atom is 0.414 e. The number of nitrogens with zero attached hydrogens (tertiary/aromatic N) is 1. The van der Waals surface area contributed by atoms with Crippen LogP contribution in [0.5, 0.6) is 0 Å². The molecule has 0 radical (unpaired) electrons. The number of carbonyl (C=O) groups is 1. The average Bonchev–Trinajstić information content (AvgIpc) is 2.47. The van der Waals surface area contributed by atoms with E-state index in [1.54, 1.807) is 4.90 Å². The van der Waals surface area contributed by atoms with Gasteiger partial charge in [0.1, 0.15) is 0 Å². The average molecular weight is 263 g/mol. The lowest BCUT2D eigenvalue weighted by Gasteiger charge is -2.33. The minimum Gasteiger partial charge on any atom is -0.449 e. The second-order valence-corrected chi connectivity index (χ2v) is 4.87. The molecule has 1 unspecified atom stereocenters. The van der Waals surface area contributed by atoms with Gasteiger partial charge in [0.15, 0.2) is 0 Å². The van der Waals surface area contributed by atoms with E-state index >= 15 is 0 Å². The highest BCUT2D eigenvalue weighted by molar-refractivity contribution is 5.90. The molecule has 1 aromatic rings. The number of aryl methyl sites for hydroxylation is 2. The van der Waals surface area contributed by atoms with Crippen molar-refractivity contribution in [2.45, 2.75) is 26.7 Å². The molecule has 19 heavy (non-hydrogen) atoms. The Bertz CT molecular complexity index is 436. The molecule has 1 atom stereocenters. The Kier molecular flexibility index (Phi) is 4.43. The third-order valence-electron chi connectivity index (χ3n) is 3.60. The van der Waals surface area contributed by atoms with Gasteiger partial charge in [-0.1, -0.05) is 32.0 Å². The predicted molar refractivity (Wildman–Crippen MR) is 74.5 cm³/mol. The van der Waals surface area contributed by atoms with Crippen molar-refractivity contribution in [2.24, 2.45) is 5.92 Å². The van der Waals surface area contributed by atoms with Crippen LogP contribution in [0.4, 0.5) is 10.5 Å². The number of cyclic esters (lactones) is 1. The molecule has 4 heteroatoms. The number of aliphatic hydroxyl groups excluding tert-OH is 1. The van der Waals surface area contributed by atoms with E-state index in [4.69, 9.17) is 4.74 Å². The van der Waals surface area contributed by atoms with Gasteiger partial charge < -0.3 is 9.84 Å². The Morgan fingerprint density at radius 1 is 1.32 bits per heavy atom. The van der Waals surface area contributed by atoms with Crippen LogP contribution in [0.2, 0.25) is 0 Å². The van der Waals surface area contributed by atoms with Crippen LogP contribution in [-0.2, 0) is 17.6 Å². The number of ether oxygens (including phenoxy) is 1. The Morgan fingerprint density at radius 2 is 1.95 bits per heavy atom. The number of benzene rings is 1. The van der Waals surface area contributed by atoms with Crippen molar-refractivity contribution in [3.8, 4) is 0 Å². The zero-order chi connectivity index (χ0) is 13.8. The molecule has 0 bridgehead atoms. The van der Waals surface area contributed by atoms with Gasteiger partial charge in [0.2, 0.25) is 0 Å². The summed E-state index contributed by atoms with van der Waals surface area (Å²) >= 11 is 0. The molecule has 4 nitrogen and oxygen atoms in total. The SMILES string of the molecule is CCc1cccc(CC)c1N1CC(CO)COC1=O. The van der Waals surface area contributed by atoms with E-state index in [0.29, 0.717) is 13.2 Å². The molecule has 0 saturated carbocycles. The van der Waals surface area contributed by atoms with E-state index in [-0.39, 0.29) is 18.6 Å². The lowest BCUT2D eigenvalue weighted by molar-refractivity contribution is 0.0898. The second-order valence-electron chi connectivity index (χ2n) is 4.87. The summed E-state index contributed by atoms with van der Waals surface area (Å²) in [6, 6.07) is 6.12. The molecular weight excluding hydrogens is 242 g/mol. The molecule has 2 rings (SSSR count). The molecule has 0 aromatic heterocycles.